The molecule has 2 aromatic rings. The first-order valence-corrected chi connectivity index (χ1v) is 7.72. The van der Waals surface area contributed by atoms with E-state index in [4.69, 9.17) is 4.42 Å². The standard InChI is InChI=1S/C18H24O2/c1-11-4-7-16-15(8-11)10-17(20-16)18(19)14-6-5-12(2)13(3)9-14/h4,7-8,10,12-14,18-19H,5-6,9H2,1-3H3. The average molecular weight is 272 g/mol. The molecule has 1 fully saturated rings. The van der Waals surface area contributed by atoms with E-state index in [1.54, 1.807) is 0 Å². The Morgan fingerprint density at radius 2 is 1.95 bits per heavy atom. The van der Waals surface area contributed by atoms with E-state index in [0.717, 1.165) is 35.5 Å². The predicted molar refractivity (Wildman–Crippen MR) is 81.6 cm³/mol. The van der Waals surface area contributed by atoms with Gasteiger partial charge in [-0.05, 0) is 55.7 Å². The van der Waals surface area contributed by atoms with Gasteiger partial charge in [0.05, 0.1) is 0 Å². The molecular weight excluding hydrogens is 248 g/mol. The lowest BCUT2D eigenvalue weighted by atomic mass is 9.73. The van der Waals surface area contributed by atoms with Gasteiger partial charge in [-0.2, -0.15) is 0 Å². The second-order valence-electron chi connectivity index (χ2n) is 6.66. The Morgan fingerprint density at radius 3 is 2.70 bits per heavy atom. The van der Waals surface area contributed by atoms with Crippen LogP contribution >= 0.6 is 0 Å². The van der Waals surface area contributed by atoms with E-state index in [2.05, 4.69) is 26.8 Å². The highest BCUT2D eigenvalue weighted by atomic mass is 16.4. The molecule has 0 bridgehead atoms. The largest absolute Gasteiger partial charge is 0.458 e. The summed E-state index contributed by atoms with van der Waals surface area (Å²) in [5, 5.41) is 11.7. The highest BCUT2D eigenvalue weighted by molar-refractivity contribution is 5.78. The molecule has 0 spiro atoms. The van der Waals surface area contributed by atoms with Crippen molar-refractivity contribution in [2.75, 3.05) is 0 Å². The Kier molecular flexibility index (Phi) is 3.59. The number of furan rings is 1. The Morgan fingerprint density at radius 1 is 1.15 bits per heavy atom. The van der Waals surface area contributed by atoms with Gasteiger partial charge in [-0.3, -0.25) is 0 Å². The van der Waals surface area contributed by atoms with Crippen LogP contribution in [0.25, 0.3) is 11.0 Å². The molecule has 1 aromatic carbocycles. The Balaban J connectivity index is 1.83. The van der Waals surface area contributed by atoms with Gasteiger partial charge in [0.2, 0.25) is 0 Å². The van der Waals surface area contributed by atoms with Crippen molar-refractivity contribution in [2.45, 2.75) is 46.1 Å². The monoisotopic (exact) mass is 272 g/mol. The second kappa shape index (κ2) is 5.25. The molecule has 20 heavy (non-hydrogen) atoms. The third kappa shape index (κ3) is 2.49. The molecule has 108 valence electrons. The smallest absolute Gasteiger partial charge is 0.134 e. The molecule has 1 saturated carbocycles. The summed E-state index contributed by atoms with van der Waals surface area (Å²) < 4.78 is 5.85. The quantitative estimate of drug-likeness (QED) is 0.848. The highest BCUT2D eigenvalue weighted by Crippen LogP contribution is 2.40. The maximum Gasteiger partial charge on any atom is 0.134 e. The molecule has 1 aromatic heterocycles. The molecule has 2 heteroatoms. The minimum absolute atomic E-state index is 0.336. The summed E-state index contributed by atoms with van der Waals surface area (Å²) in [4.78, 5) is 0. The number of hydrogen-bond donors (Lipinski definition) is 1. The molecule has 1 aliphatic rings. The maximum absolute atomic E-state index is 10.6. The van der Waals surface area contributed by atoms with Gasteiger partial charge >= 0.3 is 0 Å². The van der Waals surface area contributed by atoms with Gasteiger partial charge in [0.1, 0.15) is 17.4 Å². The molecule has 1 N–H and O–H groups in total. The zero-order valence-corrected chi connectivity index (χ0v) is 12.6. The summed E-state index contributed by atoms with van der Waals surface area (Å²) in [5.74, 6) is 2.53. The van der Waals surface area contributed by atoms with Gasteiger partial charge < -0.3 is 9.52 Å². The van der Waals surface area contributed by atoms with Crippen molar-refractivity contribution in [3.63, 3.8) is 0 Å². The fraction of sp³-hybridized carbons (Fsp3) is 0.556. The van der Waals surface area contributed by atoms with Gasteiger partial charge in [0.15, 0.2) is 0 Å². The van der Waals surface area contributed by atoms with Crippen molar-refractivity contribution >= 4 is 11.0 Å². The fourth-order valence-corrected chi connectivity index (χ4v) is 3.44. The van der Waals surface area contributed by atoms with Gasteiger partial charge in [0, 0.05) is 5.39 Å². The van der Waals surface area contributed by atoms with E-state index in [-0.39, 0.29) is 0 Å². The fourth-order valence-electron chi connectivity index (χ4n) is 3.44. The first-order valence-electron chi connectivity index (χ1n) is 7.72. The molecule has 3 rings (SSSR count). The number of fused-ring (bicyclic) bond motifs is 1. The van der Waals surface area contributed by atoms with Crippen LogP contribution in [0.3, 0.4) is 0 Å². The first-order chi connectivity index (χ1) is 9.54. The molecule has 0 amide bonds. The van der Waals surface area contributed by atoms with E-state index < -0.39 is 6.10 Å². The van der Waals surface area contributed by atoms with Crippen molar-refractivity contribution in [1.82, 2.24) is 0 Å². The van der Waals surface area contributed by atoms with E-state index in [1.165, 1.54) is 12.0 Å². The van der Waals surface area contributed by atoms with Crippen LogP contribution in [0.1, 0.15) is 50.5 Å². The molecule has 0 radical (unpaired) electrons. The minimum atomic E-state index is -0.461. The van der Waals surface area contributed by atoms with Crippen LogP contribution in [0.4, 0.5) is 0 Å². The Bertz CT molecular complexity index is 598. The lowest BCUT2D eigenvalue weighted by Gasteiger charge is -2.33. The molecule has 2 nitrogen and oxygen atoms in total. The molecule has 4 unspecified atom stereocenters. The second-order valence-corrected chi connectivity index (χ2v) is 6.66. The topological polar surface area (TPSA) is 33.4 Å². The summed E-state index contributed by atoms with van der Waals surface area (Å²) in [6, 6.07) is 8.16. The third-order valence-corrected chi connectivity index (χ3v) is 5.07. The van der Waals surface area contributed by atoms with E-state index >= 15 is 0 Å². The highest BCUT2D eigenvalue weighted by Gasteiger charge is 2.31. The zero-order chi connectivity index (χ0) is 14.3. The maximum atomic E-state index is 10.6. The summed E-state index contributed by atoms with van der Waals surface area (Å²) in [7, 11) is 0. The van der Waals surface area contributed by atoms with Crippen molar-refractivity contribution in [3.05, 3.63) is 35.6 Å². The van der Waals surface area contributed by atoms with Crippen molar-refractivity contribution in [2.24, 2.45) is 17.8 Å². The SMILES string of the molecule is Cc1ccc2oc(C(O)C3CCC(C)C(C)C3)cc2c1. The van der Waals surface area contributed by atoms with Crippen molar-refractivity contribution < 1.29 is 9.52 Å². The van der Waals surface area contributed by atoms with Crippen molar-refractivity contribution in [3.8, 4) is 0 Å². The van der Waals surface area contributed by atoms with Gasteiger partial charge in [-0.25, -0.2) is 0 Å². The van der Waals surface area contributed by atoms with Crippen LogP contribution in [0.15, 0.2) is 28.7 Å². The van der Waals surface area contributed by atoms with E-state index in [9.17, 15) is 5.11 Å². The van der Waals surface area contributed by atoms with Crippen LogP contribution in [-0.2, 0) is 0 Å². The predicted octanol–water partition coefficient (Wildman–Crippen LogP) is 4.85. The van der Waals surface area contributed by atoms with E-state index in [0.29, 0.717) is 11.8 Å². The van der Waals surface area contributed by atoms with Crippen LogP contribution in [0.5, 0.6) is 0 Å². The van der Waals surface area contributed by atoms with Crippen LogP contribution in [0, 0.1) is 24.7 Å². The molecule has 1 aliphatic carbocycles. The Labute approximate surface area is 120 Å². The number of rotatable bonds is 2. The van der Waals surface area contributed by atoms with Crippen molar-refractivity contribution in [1.29, 1.82) is 0 Å². The summed E-state index contributed by atoms with van der Waals surface area (Å²) >= 11 is 0. The number of hydrogen-bond acceptors (Lipinski definition) is 2. The number of aliphatic hydroxyl groups is 1. The molecule has 1 heterocycles. The molecule has 0 aliphatic heterocycles. The lowest BCUT2D eigenvalue weighted by molar-refractivity contribution is 0.0419. The van der Waals surface area contributed by atoms with Crippen LogP contribution in [-0.4, -0.2) is 5.11 Å². The minimum Gasteiger partial charge on any atom is -0.458 e. The molecule has 4 atom stereocenters. The summed E-state index contributed by atoms with van der Waals surface area (Å²) in [6.45, 7) is 6.69. The normalized spacial score (nSPS) is 28.7. The van der Waals surface area contributed by atoms with Gasteiger partial charge in [0.25, 0.3) is 0 Å². The molecular formula is C18H24O2. The first kappa shape index (κ1) is 13.7. The number of aliphatic hydroxyl groups excluding tert-OH is 1. The van der Waals surface area contributed by atoms with Gasteiger partial charge in [-0.15, -0.1) is 0 Å². The Hall–Kier alpha value is -1.28. The van der Waals surface area contributed by atoms with Gasteiger partial charge in [-0.1, -0.05) is 31.9 Å². The van der Waals surface area contributed by atoms with E-state index in [1.807, 2.05) is 18.2 Å². The summed E-state index contributed by atoms with van der Waals surface area (Å²) in [5.41, 5.74) is 2.10. The number of benzene rings is 1. The summed E-state index contributed by atoms with van der Waals surface area (Å²) in [6.07, 6.45) is 2.95. The average Bonchev–Trinajstić information content (AvgIpc) is 2.84. The molecule has 0 saturated heterocycles. The zero-order valence-electron chi connectivity index (χ0n) is 12.6. The van der Waals surface area contributed by atoms with Crippen LogP contribution < -0.4 is 0 Å². The third-order valence-electron chi connectivity index (χ3n) is 5.07. The lowest BCUT2D eigenvalue weighted by Crippen LogP contribution is -2.25. The van der Waals surface area contributed by atoms with Crippen LogP contribution in [0.2, 0.25) is 0 Å². The number of aryl methyl sites for hydroxylation is 1.